The van der Waals surface area contributed by atoms with Crippen molar-refractivity contribution in [2.45, 2.75) is 12.5 Å². The molecule has 18 heavy (non-hydrogen) atoms. The summed E-state index contributed by atoms with van der Waals surface area (Å²) >= 11 is 0. The number of anilines is 1. The molecule has 1 saturated heterocycles. The van der Waals surface area contributed by atoms with Gasteiger partial charge >= 0.3 is 0 Å². The van der Waals surface area contributed by atoms with Crippen molar-refractivity contribution in [2.75, 3.05) is 25.0 Å². The van der Waals surface area contributed by atoms with E-state index >= 15 is 0 Å². The Hall–Kier alpha value is -1.93. The molecule has 4 nitrogen and oxygen atoms in total. The first kappa shape index (κ1) is 12.5. The van der Waals surface area contributed by atoms with E-state index in [1.165, 1.54) is 12.1 Å². The van der Waals surface area contributed by atoms with Gasteiger partial charge in [-0.3, -0.25) is 9.69 Å². The lowest BCUT2D eigenvalue weighted by molar-refractivity contribution is -0.125. The fraction of sp³-hybridized carbons (Fsp3) is 0.385. The summed E-state index contributed by atoms with van der Waals surface area (Å²) in [4.78, 5) is 15.7. The van der Waals surface area contributed by atoms with Gasteiger partial charge in [0.05, 0.1) is 12.5 Å². The highest BCUT2D eigenvalue weighted by Crippen LogP contribution is 2.21. The lowest BCUT2D eigenvalue weighted by atomic mass is 10.1. The molecule has 1 aliphatic rings. The number of hydrogen-bond donors (Lipinski definition) is 0. The van der Waals surface area contributed by atoms with Crippen molar-refractivity contribution in [3.8, 4) is 6.07 Å². The number of amides is 1. The average molecular weight is 247 g/mol. The topological polar surface area (TPSA) is 47.3 Å². The first-order valence-corrected chi connectivity index (χ1v) is 5.77. The predicted octanol–water partition coefficient (Wildman–Crippen LogP) is 1.39. The van der Waals surface area contributed by atoms with Gasteiger partial charge in [-0.2, -0.15) is 5.26 Å². The Kier molecular flexibility index (Phi) is 3.58. The minimum absolute atomic E-state index is 0.100. The van der Waals surface area contributed by atoms with Crippen LogP contribution in [0.2, 0.25) is 0 Å². The molecule has 1 atom stereocenters. The summed E-state index contributed by atoms with van der Waals surface area (Å²) in [5.41, 5.74) is 0.678. The number of nitriles is 1. The van der Waals surface area contributed by atoms with Crippen LogP contribution in [0, 0.1) is 17.1 Å². The Morgan fingerprint density at radius 1 is 1.39 bits per heavy atom. The van der Waals surface area contributed by atoms with Gasteiger partial charge in [0.2, 0.25) is 5.91 Å². The summed E-state index contributed by atoms with van der Waals surface area (Å²) in [5.74, 6) is -0.425. The first-order valence-electron chi connectivity index (χ1n) is 5.77. The van der Waals surface area contributed by atoms with E-state index in [2.05, 4.69) is 0 Å². The highest BCUT2D eigenvalue weighted by Gasteiger charge is 2.33. The third kappa shape index (κ3) is 2.34. The van der Waals surface area contributed by atoms with E-state index in [-0.39, 0.29) is 18.1 Å². The van der Waals surface area contributed by atoms with E-state index in [9.17, 15) is 9.18 Å². The van der Waals surface area contributed by atoms with Crippen LogP contribution in [0.15, 0.2) is 24.3 Å². The van der Waals surface area contributed by atoms with Gasteiger partial charge in [-0.05, 0) is 31.3 Å². The summed E-state index contributed by atoms with van der Waals surface area (Å²) in [6.07, 6.45) is 0.174. The zero-order valence-electron chi connectivity index (χ0n) is 10.1. The average Bonchev–Trinajstić information content (AvgIpc) is 2.36. The molecule has 1 aliphatic heterocycles. The third-order valence-corrected chi connectivity index (χ3v) is 3.18. The lowest BCUT2D eigenvalue weighted by Gasteiger charge is -2.37. The van der Waals surface area contributed by atoms with Gasteiger partial charge in [0.25, 0.3) is 0 Å². The van der Waals surface area contributed by atoms with Crippen LogP contribution >= 0.6 is 0 Å². The zero-order chi connectivity index (χ0) is 13.1. The SMILES string of the molecule is CN1CCN(c2ccc(F)cc2)C(=O)C1CC#N. The normalized spacial score (nSPS) is 20.8. The maximum Gasteiger partial charge on any atom is 0.245 e. The largest absolute Gasteiger partial charge is 0.310 e. The fourth-order valence-corrected chi connectivity index (χ4v) is 2.10. The number of hydrogen-bond acceptors (Lipinski definition) is 3. The molecule has 1 aromatic rings. The van der Waals surface area contributed by atoms with Crippen LogP contribution in [-0.2, 0) is 4.79 Å². The Bertz CT molecular complexity index is 480. The van der Waals surface area contributed by atoms with Gasteiger partial charge in [0, 0.05) is 18.8 Å². The van der Waals surface area contributed by atoms with E-state index in [0.29, 0.717) is 18.8 Å². The predicted molar refractivity (Wildman–Crippen MR) is 65.4 cm³/mol. The summed E-state index contributed by atoms with van der Waals surface area (Å²) < 4.78 is 12.9. The fourth-order valence-electron chi connectivity index (χ4n) is 2.10. The second-order valence-corrected chi connectivity index (χ2v) is 4.32. The molecular weight excluding hydrogens is 233 g/mol. The minimum atomic E-state index is -0.409. The molecule has 1 unspecified atom stereocenters. The van der Waals surface area contributed by atoms with Gasteiger partial charge in [-0.15, -0.1) is 0 Å². The zero-order valence-corrected chi connectivity index (χ0v) is 10.1. The second kappa shape index (κ2) is 5.15. The van der Waals surface area contributed by atoms with Gasteiger partial charge in [0.15, 0.2) is 0 Å². The minimum Gasteiger partial charge on any atom is -0.310 e. The van der Waals surface area contributed by atoms with E-state index < -0.39 is 6.04 Å². The molecular formula is C13H14FN3O. The Labute approximate surface area is 105 Å². The van der Waals surface area contributed by atoms with Crippen molar-refractivity contribution in [1.29, 1.82) is 5.26 Å². The molecule has 94 valence electrons. The van der Waals surface area contributed by atoms with Crippen molar-refractivity contribution in [2.24, 2.45) is 0 Å². The number of carbonyl (C=O) groups is 1. The Morgan fingerprint density at radius 2 is 2.06 bits per heavy atom. The van der Waals surface area contributed by atoms with Gasteiger partial charge in [-0.25, -0.2) is 4.39 Å². The highest BCUT2D eigenvalue weighted by molar-refractivity contribution is 5.98. The molecule has 0 spiro atoms. The van der Waals surface area contributed by atoms with Gasteiger partial charge in [-0.1, -0.05) is 0 Å². The molecule has 1 heterocycles. The van der Waals surface area contributed by atoms with Crippen LogP contribution in [-0.4, -0.2) is 37.0 Å². The number of benzene rings is 1. The summed E-state index contributed by atoms with van der Waals surface area (Å²) in [5, 5.41) is 8.75. The van der Waals surface area contributed by atoms with E-state index in [1.807, 2.05) is 18.0 Å². The molecule has 0 aliphatic carbocycles. The van der Waals surface area contributed by atoms with Gasteiger partial charge < -0.3 is 4.90 Å². The number of likely N-dealkylation sites (N-methyl/N-ethyl adjacent to an activating group) is 1. The molecule has 5 heteroatoms. The Morgan fingerprint density at radius 3 is 2.67 bits per heavy atom. The van der Waals surface area contributed by atoms with Crippen molar-refractivity contribution < 1.29 is 9.18 Å². The van der Waals surface area contributed by atoms with Crippen LogP contribution < -0.4 is 4.90 Å². The van der Waals surface area contributed by atoms with Crippen LogP contribution in [0.1, 0.15) is 6.42 Å². The van der Waals surface area contributed by atoms with Gasteiger partial charge in [0.1, 0.15) is 11.9 Å². The molecule has 1 fully saturated rings. The quantitative estimate of drug-likeness (QED) is 0.793. The molecule has 1 amide bonds. The van der Waals surface area contributed by atoms with Crippen molar-refractivity contribution in [1.82, 2.24) is 4.90 Å². The molecule has 0 N–H and O–H groups in total. The molecule has 2 rings (SSSR count). The smallest absolute Gasteiger partial charge is 0.245 e. The lowest BCUT2D eigenvalue weighted by Crippen LogP contribution is -2.55. The third-order valence-electron chi connectivity index (χ3n) is 3.18. The maximum atomic E-state index is 12.9. The molecule has 1 aromatic carbocycles. The number of rotatable bonds is 2. The van der Waals surface area contributed by atoms with E-state index in [0.717, 1.165) is 0 Å². The number of carbonyl (C=O) groups excluding carboxylic acids is 1. The van der Waals surface area contributed by atoms with E-state index in [1.54, 1.807) is 17.0 Å². The molecule has 0 bridgehead atoms. The van der Waals surface area contributed by atoms with Crippen LogP contribution in [0.5, 0.6) is 0 Å². The van der Waals surface area contributed by atoms with Crippen LogP contribution in [0.3, 0.4) is 0 Å². The van der Waals surface area contributed by atoms with E-state index in [4.69, 9.17) is 5.26 Å². The number of halogens is 1. The second-order valence-electron chi connectivity index (χ2n) is 4.32. The highest BCUT2D eigenvalue weighted by atomic mass is 19.1. The van der Waals surface area contributed by atoms with Crippen molar-refractivity contribution >= 4 is 11.6 Å². The summed E-state index contributed by atoms with van der Waals surface area (Å²) in [7, 11) is 1.84. The molecule has 0 saturated carbocycles. The van der Waals surface area contributed by atoms with Crippen molar-refractivity contribution in [3.05, 3.63) is 30.1 Å². The maximum absolute atomic E-state index is 12.9. The first-order chi connectivity index (χ1) is 8.63. The molecule has 0 aromatic heterocycles. The summed E-state index contributed by atoms with van der Waals surface area (Å²) in [6, 6.07) is 7.46. The van der Waals surface area contributed by atoms with Crippen LogP contribution in [0.25, 0.3) is 0 Å². The van der Waals surface area contributed by atoms with Crippen molar-refractivity contribution in [3.63, 3.8) is 0 Å². The number of nitrogens with zero attached hydrogens (tertiary/aromatic N) is 3. The number of piperazine rings is 1. The standard InChI is InChI=1S/C13H14FN3O/c1-16-8-9-17(13(18)12(16)6-7-15)11-4-2-10(14)3-5-11/h2-5,12H,6,8-9H2,1H3. The summed E-state index contributed by atoms with van der Waals surface area (Å²) in [6.45, 7) is 1.26. The monoisotopic (exact) mass is 247 g/mol. The van der Waals surface area contributed by atoms with Crippen LogP contribution in [0.4, 0.5) is 10.1 Å². The molecule has 0 radical (unpaired) electrons. The Balaban J connectivity index is 2.22.